The Morgan fingerprint density at radius 3 is 2.47 bits per heavy atom. The van der Waals surface area contributed by atoms with Gasteiger partial charge in [-0.15, -0.1) is 0 Å². The highest BCUT2D eigenvalue weighted by Gasteiger charge is 2.21. The van der Waals surface area contributed by atoms with Crippen molar-refractivity contribution in [1.29, 1.82) is 0 Å². The largest absolute Gasteiger partial charge is 0.497 e. The number of hydrogen-bond donors (Lipinski definition) is 1. The second-order valence-electron chi connectivity index (χ2n) is 7.56. The fourth-order valence-electron chi connectivity index (χ4n) is 3.42. The number of carbonyl (C=O) groups is 2. The van der Waals surface area contributed by atoms with Crippen LogP contribution in [-0.2, 0) is 9.53 Å². The van der Waals surface area contributed by atoms with Gasteiger partial charge in [-0.3, -0.25) is 4.79 Å². The third-order valence-electron chi connectivity index (χ3n) is 5.20. The van der Waals surface area contributed by atoms with E-state index in [-0.39, 0.29) is 11.3 Å². The van der Waals surface area contributed by atoms with Gasteiger partial charge in [-0.1, -0.05) is 35.0 Å². The van der Waals surface area contributed by atoms with Crippen LogP contribution in [0.2, 0.25) is 0 Å². The molecule has 34 heavy (non-hydrogen) atoms. The molecule has 1 amide bonds. The van der Waals surface area contributed by atoms with Crippen molar-refractivity contribution in [3.05, 3.63) is 65.4 Å². The van der Waals surface area contributed by atoms with Gasteiger partial charge in [0, 0.05) is 11.6 Å². The van der Waals surface area contributed by atoms with E-state index >= 15 is 0 Å². The quantitative estimate of drug-likeness (QED) is 0.405. The molecule has 9 nitrogen and oxygen atoms in total. The Bertz CT molecular complexity index is 1360. The van der Waals surface area contributed by atoms with Crippen LogP contribution < -0.4 is 14.8 Å². The molecule has 0 fully saturated rings. The van der Waals surface area contributed by atoms with Gasteiger partial charge in [0.2, 0.25) is 0 Å². The van der Waals surface area contributed by atoms with Gasteiger partial charge < -0.3 is 24.1 Å². The number of amides is 1. The molecule has 0 unspecified atom stereocenters. The summed E-state index contributed by atoms with van der Waals surface area (Å²) in [4.78, 5) is 29.9. The Morgan fingerprint density at radius 1 is 1.00 bits per heavy atom. The van der Waals surface area contributed by atoms with E-state index in [1.54, 1.807) is 31.2 Å². The number of nitrogens with one attached hydrogen (secondary N) is 1. The summed E-state index contributed by atoms with van der Waals surface area (Å²) in [7, 11) is 3.01. The van der Waals surface area contributed by atoms with Crippen LogP contribution >= 0.6 is 0 Å². The molecule has 1 N–H and O–H groups in total. The van der Waals surface area contributed by atoms with Crippen LogP contribution in [0, 0.1) is 13.8 Å². The lowest BCUT2D eigenvalue weighted by Crippen LogP contribution is -2.21. The third kappa shape index (κ3) is 4.68. The summed E-state index contributed by atoms with van der Waals surface area (Å²) in [5.41, 5.74) is 3.79. The molecular weight excluding hydrogens is 438 g/mol. The van der Waals surface area contributed by atoms with Gasteiger partial charge in [0.05, 0.1) is 42.2 Å². The molecule has 0 spiro atoms. The van der Waals surface area contributed by atoms with Gasteiger partial charge in [0.1, 0.15) is 11.5 Å². The number of nitrogens with zero attached hydrogens (tertiary/aromatic N) is 2. The number of methoxy groups -OCH3 is 2. The Morgan fingerprint density at radius 2 is 1.76 bits per heavy atom. The van der Waals surface area contributed by atoms with Gasteiger partial charge in [-0.05, 0) is 32.0 Å². The van der Waals surface area contributed by atoms with Crippen molar-refractivity contribution >= 4 is 28.7 Å². The zero-order valence-corrected chi connectivity index (χ0v) is 19.2. The van der Waals surface area contributed by atoms with Crippen molar-refractivity contribution in [3.63, 3.8) is 0 Å². The molecule has 0 saturated heterocycles. The number of carbonyl (C=O) groups excluding carboxylic acids is 2. The smallest absolute Gasteiger partial charge is 0.339 e. The van der Waals surface area contributed by atoms with Crippen molar-refractivity contribution in [2.45, 2.75) is 13.8 Å². The number of hydrogen-bond acceptors (Lipinski definition) is 8. The molecule has 0 bridgehead atoms. The number of aromatic nitrogens is 2. The van der Waals surface area contributed by atoms with E-state index in [2.05, 4.69) is 15.5 Å². The highest BCUT2D eigenvalue weighted by Crippen LogP contribution is 2.30. The molecule has 0 aliphatic carbocycles. The van der Waals surface area contributed by atoms with E-state index in [9.17, 15) is 9.59 Å². The predicted molar refractivity (Wildman–Crippen MR) is 125 cm³/mol. The highest BCUT2D eigenvalue weighted by molar-refractivity contribution is 6.05. The number of aryl methyl sites for hydroxylation is 2. The van der Waals surface area contributed by atoms with Crippen molar-refractivity contribution in [3.8, 4) is 22.8 Å². The highest BCUT2D eigenvalue weighted by atomic mass is 16.5. The Labute approximate surface area is 195 Å². The Hall–Kier alpha value is -4.40. The Balaban J connectivity index is 1.54. The zero-order valence-electron chi connectivity index (χ0n) is 19.2. The second-order valence-corrected chi connectivity index (χ2v) is 7.56. The first-order chi connectivity index (χ1) is 16.4. The summed E-state index contributed by atoms with van der Waals surface area (Å²) in [6.45, 7) is 3.19. The minimum absolute atomic E-state index is 0.217. The van der Waals surface area contributed by atoms with E-state index in [0.29, 0.717) is 34.0 Å². The monoisotopic (exact) mass is 461 g/mol. The number of ether oxygens (including phenoxy) is 3. The van der Waals surface area contributed by atoms with Crippen molar-refractivity contribution in [1.82, 2.24) is 10.1 Å². The lowest BCUT2D eigenvalue weighted by atomic mass is 10.0. The topological polar surface area (TPSA) is 113 Å². The van der Waals surface area contributed by atoms with Crippen LogP contribution in [0.4, 0.5) is 5.69 Å². The van der Waals surface area contributed by atoms with E-state index in [1.165, 1.54) is 14.2 Å². The maximum atomic E-state index is 13.0. The van der Waals surface area contributed by atoms with Gasteiger partial charge in [-0.25, -0.2) is 9.78 Å². The van der Waals surface area contributed by atoms with Gasteiger partial charge in [0.15, 0.2) is 6.61 Å². The summed E-state index contributed by atoms with van der Waals surface area (Å²) in [5, 5.41) is 7.03. The van der Waals surface area contributed by atoms with Crippen LogP contribution in [0.1, 0.15) is 21.6 Å². The molecule has 0 aliphatic heterocycles. The average molecular weight is 461 g/mol. The summed E-state index contributed by atoms with van der Waals surface area (Å²) < 4.78 is 21.0. The van der Waals surface area contributed by atoms with Crippen LogP contribution in [0.3, 0.4) is 0 Å². The van der Waals surface area contributed by atoms with Crippen molar-refractivity contribution < 1.29 is 28.3 Å². The normalized spacial score (nSPS) is 10.7. The number of pyridine rings is 1. The van der Waals surface area contributed by atoms with E-state index in [4.69, 9.17) is 18.7 Å². The number of benzene rings is 2. The van der Waals surface area contributed by atoms with Crippen LogP contribution in [0.15, 0.2) is 53.1 Å². The number of rotatable bonds is 7. The molecule has 174 valence electrons. The van der Waals surface area contributed by atoms with Crippen LogP contribution in [0.5, 0.6) is 11.5 Å². The fourth-order valence-corrected chi connectivity index (χ4v) is 3.42. The predicted octanol–water partition coefficient (Wildman–Crippen LogP) is 4.32. The first kappa shape index (κ1) is 22.8. The van der Waals surface area contributed by atoms with Crippen molar-refractivity contribution in [2.75, 3.05) is 26.1 Å². The molecule has 0 radical (unpaired) electrons. The molecular formula is C25H23N3O6. The molecule has 2 heterocycles. The van der Waals surface area contributed by atoms with Gasteiger partial charge in [-0.2, -0.15) is 0 Å². The standard InChI is InChI=1S/C25H23N3O6/c1-14-5-7-16(8-6-14)20-12-18(23-15(2)28-34-24(23)27-20)25(30)33-13-22(29)26-19-10-9-17(31-3)11-21(19)32-4/h5-12H,13H2,1-4H3,(H,26,29). The molecule has 0 saturated carbocycles. The molecule has 2 aromatic heterocycles. The zero-order chi connectivity index (χ0) is 24.2. The lowest BCUT2D eigenvalue weighted by molar-refractivity contribution is -0.119. The SMILES string of the molecule is COc1ccc(NC(=O)COC(=O)c2cc(-c3ccc(C)cc3)nc3onc(C)c23)c(OC)c1. The van der Waals surface area contributed by atoms with Crippen LogP contribution in [0.25, 0.3) is 22.4 Å². The first-order valence-corrected chi connectivity index (χ1v) is 10.4. The third-order valence-corrected chi connectivity index (χ3v) is 5.20. The molecule has 0 atom stereocenters. The van der Waals surface area contributed by atoms with E-state index < -0.39 is 18.5 Å². The average Bonchev–Trinajstić information content (AvgIpc) is 3.23. The molecule has 0 aliphatic rings. The number of esters is 1. The van der Waals surface area contributed by atoms with Gasteiger partial charge >= 0.3 is 5.97 Å². The second kappa shape index (κ2) is 9.62. The number of fused-ring (bicyclic) bond motifs is 1. The minimum atomic E-state index is -0.691. The lowest BCUT2D eigenvalue weighted by Gasteiger charge is -2.12. The molecule has 9 heteroatoms. The number of anilines is 1. The molecule has 4 rings (SSSR count). The van der Waals surface area contributed by atoms with Crippen LogP contribution in [-0.4, -0.2) is 42.8 Å². The molecule has 2 aromatic carbocycles. The van der Waals surface area contributed by atoms with E-state index in [0.717, 1.165) is 11.1 Å². The maximum absolute atomic E-state index is 13.0. The summed E-state index contributed by atoms with van der Waals surface area (Å²) in [5.74, 6) is -0.221. The fraction of sp³-hybridized carbons (Fsp3) is 0.200. The first-order valence-electron chi connectivity index (χ1n) is 10.4. The summed E-state index contributed by atoms with van der Waals surface area (Å²) in [6.07, 6.45) is 0. The molecule has 4 aromatic rings. The summed E-state index contributed by atoms with van der Waals surface area (Å²) in [6, 6.07) is 14.3. The van der Waals surface area contributed by atoms with E-state index in [1.807, 2.05) is 31.2 Å². The minimum Gasteiger partial charge on any atom is -0.497 e. The maximum Gasteiger partial charge on any atom is 0.339 e. The van der Waals surface area contributed by atoms with Gasteiger partial charge in [0.25, 0.3) is 11.6 Å². The Kier molecular flexibility index (Phi) is 6.44. The van der Waals surface area contributed by atoms with Crippen molar-refractivity contribution in [2.24, 2.45) is 0 Å². The summed E-state index contributed by atoms with van der Waals surface area (Å²) >= 11 is 0.